The molecule has 0 radical (unpaired) electrons. The van der Waals surface area contributed by atoms with E-state index >= 15 is 0 Å². The maximum atomic E-state index is 12.7. The maximum absolute atomic E-state index is 12.7. The molecule has 2 aromatic rings. The number of nitrogens with two attached hydrogens (primary N) is 2. The van der Waals surface area contributed by atoms with Gasteiger partial charge in [-0.25, -0.2) is 4.79 Å². The Hall–Kier alpha value is -3.59. The zero-order valence-corrected chi connectivity index (χ0v) is 19.1. The highest BCUT2D eigenvalue weighted by molar-refractivity contribution is 6.30. The number of hydrogen-bond donors (Lipinski definition) is 4. The van der Waals surface area contributed by atoms with Crippen LogP contribution < -0.4 is 21.5 Å². The van der Waals surface area contributed by atoms with Gasteiger partial charge >= 0.3 is 5.97 Å². The molecule has 6 N–H and O–H groups in total. The van der Waals surface area contributed by atoms with Crippen molar-refractivity contribution in [1.29, 1.82) is 0 Å². The second-order valence-electron chi connectivity index (χ2n) is 7.79. The smallest absolute Gasteiger partial charge is 0.326 e. The van der Waals surface area contributed by atoms with Crippen LogP contribution >= 0.6 is 11.6 Å². The van der Waals surface area contributed by atoms with Gasteiger partial charge in [-0.3, -0.25) is 14.6 Å². The van der Waals surface area contributed by atoms with Crippen molar-refractivity contribution in [2.24, 2.45) is 16.5 Å². The number of rotatable bonds is 11. The molecule has 0 fully saturated rings. The number of nitrogens with one attached hydrogen (secondary N) is 1. The van der Waals surface area contributed by atoms with Gasteiger partial charge in [0.2, 0.25) is 0 Å². The van der Waals surface area contributed by atoms with Crippen LogP contribution in [0.3, 0.4) is 0 Å². The van der Waals surface area contributed by atoms with Gasteiger partial charge in [0.25, 0.3) is 5.91 Å². The highest BCUT2D eigenvalue weighted by Gasteiger charge is 2.33. The number of benzene rings is 2. The van der Waals surface area contributed by atoms with Crippen molar-refractivity contribution in [3.8, 4) is 5.75 Å². The first kappa shape index (κ1) is 25.7. The van der Waals surface area contributed by atoms with Gasteiger partial charge in [0.15, 0.2) is 17.3 Å². The summed E-state index contributed by atoms with van der Waals surface area (Å²) in [6, 6.07) is 11.8. The highest BCUT2D eigenvalue weighted by Crippen LogP contribution is 2.21. The first-order chi connectivity index (χ1) is 15.5. The van der Waals surface area contributed by atoms with Gasteiger partial charge in [-0.05, 0) is 75.2 Å². The first-order valence-electron chi connectivity index (χ1n) is 10.2. The van der Waals surface area contributed by atoms with Gasteiger partial charge in [0.05, 0.1) is 0 Å². The van der Waals surface area contributed by atoms with E-state index < -0.39 is 23.5 Å². The van der Waals surface area contributed by atoms with Gasteiger partial charge in [-0.2, -0.15) is 0 Å². The molecule has 0 saturated heterocycles. The molecule has 33 heavy (non-hydrogen) atoms. The highest BCUT2D eigenvalue weighted by atomic mass is 35.5. The Kier molecular flexibility index (Phi) is 8.81. The number of carboxylic acids is 1. The van der Waals surface area contributed by atoms with Crippen LogP contribution in [0.5, 0.6) is 5.75 Å². The number of carboxylic acid groups (broad SMARTS) is 1. The standard InChI is InChI=1S/C23H27ClN4O5/c1-23(2,21(32)28-18(20(30)31)4-3-13-27-22(25)26)33-17-11-7-15(8-12-17)19(29)14-5-9-16(24)10-6-14/h5-12,18H,3-4,13H2,1-2H3,(H,28,32)(H,30,31)(H4,25,26,27)/t18-/m1/s1. The van der Waals surface area contributed by atoms with Gasteiger partial charge in [-0.15, -0.1) is 0 Å². The molecule has 0 saturated carbocycles. The van der Waals surface area contributed by atoms with Crippen molar-refractivity contribution in [2.45, 2.75) is 38.3 Å². The lowest BCUT2D eigenvalue weighted by molar-refractivity contribution is -0.145. The normalized spacial score (nSPS) is 11.8. The van der Waals surface area contributed by atoms with E-state index in [2.05, 4.69) is 10.3 Å². The third-order valence-corrected chi connectivity index (χ3v) is 4.94. The van der Waals surface area contributed by atoms with Crippen LogP contribution in [0.15, 0.2) is 53.5 Å². The van der Waals surface area contributed by atoms with Crippen LogP contribution in [0.2, 0.25) is 5.02 Å². The molecule has 0 bridgehead atoms. The number of halogens is 1. The van der Waals surface area contributed by atoms with Crippen LogP contribution in [-0.4, -0.2) is 46.9 Å². The molecule has 10 heteroatoms. The lowest BCUT2D eigenvalue weighted by Crippen LogP contribution is -2.52. The molecular formula is C23H27ClN4O5. The number of aliphatic carboxylic acids is 1. The zero-order chi connectivity index (χ0) is 24.6. The van der Waals surface area contributed by atoms with E-state index in [0.29, 0.717) is 28.3 Å². The van der Waals surface area contributed by atoms with E-state index in [9.17, 15) is 19.5 Å². The minimum Gasteiger partial charge on any atom is -0.480 e. The van der Waals surface area contributed by atoms with Crippen LogP contribution in [0.25, 0.3) is 0 Å². The van der Waals surface area contributed by atoms with E-state index in [0.717, 1.165) is 0 Å². The van der Waals surface area contributed by atoms with Gasteiger partial charge in [0, 0.05) is 22.7 Å². The van der Waals surface area contributed by atoms with Gasteiger partial charge in [0.1, 0.15) is 11.8 Å². The fourth-order valence-corrected chi connectivity index (χ4v) is 3.00. The Bertz CT molecular complexity index is 1020. The van der Waals surface area contributed by atoms with Crippen LogP contribution in [0.4, 0.5) is 0 Å². The van der Waals surface area contributed by atoms with E-state index in [4.69, 9.17) is 27.8 Å². The Labute approximate surface area is 196 Å². The Morgan fingerprint density at radius 3 is 2.12 bits per heavy atom. The summed E-state index contributed by atoms with van der Waals surface area (Å²) in [4.78, 5) is 40.5. The van der Waals surface area contributed by atoms with Crippen molar-refractivity contribution in [3.05, 3.63) is 64.7 Å². The molecule has 1 atom stereocenters. The van der Waals surface area contributed by atoms with Crippen molar-refractivity contribution >= 4 is 35.2 Å². The molecule has 0 heterocycles. The van der Waals surface area contributed by atoms with Crippen LogP contribution in [-0.2, 0) is 9.59 Å². The predicted octanol–water partition coefficient (Wildman–Crippen LogP) is 2.35. The Morgan fingerprint density at radius 2 is 1.61 bits per heavy atom. The van der Waals surface area contributed by atoms with Crippen molar-refractivity contribution in [2.75, 3.05) is 6.54 Å². The average molecular weight is 475 g/mol. The molecule has 0 unspecified atom stereocenters. The van der Waals surface area contributed by atoms with Crippen molar-refractivity contribution < 1.29 is 24.2 Å². The fourth-order valence-electron chi connectivity index (χ4n) is 2.88. The number of aliphatic imine (C=N–C) groups is 1. The number of amides is 1. The van der Waals surface area contributed by atoms with Crippen LogP contribution in [0, 0.1) is 0 Å². The summed E-state index contributed by atoms with van der Waals surface area (Å²) in [7, 11) is 0. The predicted molar refractivity (Wildman–Crippen MR) is 126 cm³/mol. The van der Waals surface area contributed by atoms with Crippen molar-refractivity contribution in [3.63, 3.8) is 0 Å². The van der Waals surface area contributed by atoms with E-state index in [1.54, 1.807) is 48.5 Å². The first-order valence-corrected chi connectivity index (χ1v) is 10.6. The van der Waals surface area contributed by atoms with Crippen LogP contribution in [0.1, 0.15) is 42.6 Å². The zero-order valence-electron chi connectivity index (χ0n) is 18.4. The summed E-state index contributed by atoms with van der Waals surface area (Å²) in [6.07, 6.45) is 0.523. The SMILES string of the molecule is CC(C)(Oc1ccc(C(=O)c2ccc(Cl)cc2)cc1)C(=O)N[C@H](CCCN=C(N)N)C(=O)O. The number of carbonyl (C=O) groups is 3. The third kappa shape index (κ3) is 7.80. The largest absolute Gasteiger partial charge is 0.480 e. The van der Waals surface area contributed by atoms with E-state index in [-0.39, 0.29) is 24.7 Å². The lowest BCUT2D eigenvalue weighted by atomic mass is 10.0. The molecule has 0 aliphatic rings. The summed E-state index contributed by atoms with van der Waals surface area (Å²) >= 11 is 5.85. The third-order valence-electron chi connectivity index (χ3n) is 4.69. The average Bonchev–Trinajstić information content (AvgIpc) is 2.75. The number of ether oxygens (including phenoxy) is 1. The fraction of sp³-hybridized carbons (Fsp3) is 0.304. The quantitative estimate of drug-likeness (QED) is 0.168. The molecule has 9 nitrogen and oxygen atoms in total. The number of ketones is 1. The Morgan fingerprint density at radius 1 is 1.06 bits per heavy atom. The van der Waals surface area contributed by atoms with Crippen molar-refractivity contribution in [1.82, 2.24) is 5.32 Å². The monoisotopic (exact) mass is 474 g/mol. The van der Waals surface area contributed by atoms with Gasteiger partial charge in [-0.1, -0.05) is 11.6 Å². The van der Waals surface area contributed by atoms with E-state index in [1.807, 2.05) is 0 Å². The number of carbonyl (C=O) groups excluding carboxylic acids is 2. The number of nitrogens with zero attached hydrogens (tertiary/aromatic N) is 1. The molecule has 2 rings (SSSR count). The molecule has 0 spiro atoms. The minimum atomic E-state index is -1.37. The topological polar surface area (TPSA) is 157 Å². The summed E-state index contributed by atoms with van der Waals surface area (Å²) in [5.74, 6) is -1.68. The second-order valence-corrected chi connectivity index (χ2v) is 8.22. The number of guanidine groups is 1. The lowest BCUT2D eigenvalue weighted by Gasteiger charge is -2.27. The molecule has 1 amide bonds. The Balaban J connectivity index is 2.00. The summed E-state index contributed by atoms with van der Waals surface area (Å²) in [5, 5.41) is 12.4. The molecule has 0 aromatic heterocycles. The van der Waals surface area contributed by atoms with Gasteiger partial charge < -0.3 is 26.6 Å². The number of hydrogen-bond acceptors (Lipinski definition) is 5. The summed E-state index contributed by atoms with van der Waals surface area (Å²) < 4.78 is 5.77. The minimum absolute atomic E-state index is 0.0821. The maximum Gasteiger partial charge on any atom is 0.326 e. The molecule has 2 aromatic carbocycles. The summed E-state index contributed by atoms with van der Waals surface area (Å²) in [6.45, 7) is 3.30. The molecule has 0 aliphatic carbocycles. The summed E-state index contributed by atoms with van der Waals surface area (Å²) in [5.41, 5.74) is 10.1. The second kappa shape index (κ2) is 11.3. The van der Waals surface area contributed by atoms with E-state index in [1.165, 1.54) is 13.8 Å². The molecule has 176 valence electrons. The molecule has 0 aliphatic heterocycles. The molecular weight excluding hydrogens is 448 g/mol.